The average Bonchev–Trinajstić information content (AvgIpc) is 3.17. The van der Waals surface area contributed by atoms with Gasteiger partial charge in [-0.2, -0.15) is 8.42 Å². The Morgan fingerprint density at radius 2 is 2.06 bits per heavy atom. The highest BCUT2D eigenvalue weighted by molar-refractivity contribution is 9.10. The van der Waals surface area contributed by atoms with E-state index in [0.717, 1.165) is 32.1 Å². The van der Waals surface area contributed by atoms with Crippen LogP contribution in [-0.2, 0) is 10.2 Å². The van der Waals surface area contributed by atoms with Gasteiger partial charge in [-0.25, -0.2) is 18.9 Å². The van der Waals surface area contributed by atoms with Crippen molar-refractivity contribution in [1.82, 2.24) is 15.0 Å². The van der Waals surface area contributed by atoms with Crippen molar-refractivity contribution in [3.63, 3.8) is 0 Å². The van der Waals surface area contributed by atoms with Crippen molar-refractivity contribution in [3.05, 3.63) is 34.2 Å². The molecule has 1 aromatic carbocycles. The van der Waals surface area contributed by atoms with Crippen molar-refractivity contribution < 1.29 is 22.6 Å². The van der Waals surface area contributed by atoms with E-state index in [9.17, 15) is 18.0 Å². The SMILES string of the molecule is NS(=O)(=O)NCC[C@H]1CC[C@H](Nc2nonc2C(=NO)Nc2ccc(F)c(Br)c2)CC1. The number of oxime groups is 1. The van der Waals surface area contributed by atoms with Crippen molar-refractivity contribution in [1.29, 1.82) is 0 Å². The largest absolute Gasteiger partial charge is 0.409 e. The van der Waals surface area contributed by atoms with E-state index >= 15 is 0 Å². The smallest absolute Gasteiger partial charge is 0.274 e. The Hall–Kier alpha value is -2.29. The monoisotopic (exact) mass is 519 g/mol. The summed E-state index contributed by atoms with van der Waals surface area (Å²) in [7, 11) is -3.66. The Morgan fingerprint density at radius 1 is 1.32 bits per heavy atom. The summed E-state index contributed by atoms with van der Waals surface area (Å²) in [6.45, 7) is 0.320. The molecule has 1 saturated carbocycles. The van der Waals surface area contributed by atoms with Crippen LogP contribution < -0.4 is 20.5 Å². The minimum atomic E-state index is -3.66. The third-order valence-corrected chi connectivity index (χ3v) is 6.25. The van der Waals surface area contributed by atoms with Gasteiger partial charge >= 0.3 is 0 Å². The molecule has 1 aromatic heterocycles. The molecule has 0 unspecified atom stereocenters. The molecule has 3 rings (SSSR count). The summed E-state index contributed by atoms with van der Waals surface area (Å²) in [6.07, 6.45) is 4.23. The lowest BCUT2D eigenvalue weighted by molar-refractivity contribution is 0.302. The number of nitrogens with two attached hydrogens (primary N) is 1. The van der Waals surface area contributed by atoms with Gasteiger partial charge in [0, 0.05) is 18.3 Å². The predicted molar refractivity (Wildman–Crippen MR) is 115 cm³/mol. The van der Waals surface area contributed by atoms with Crippen LogP contribution in [0.3, 0.4) is 0 Å². The molecule has 2 aromatic rings. The summed E-state index contributed by atoms with van der Waals surface area (Å²) >= 11 is 3.10. The molecule has 0 amide bonds. The minimum absolute atomic E-state index is 0.00925. The van der Waals surface area contributed by atoms with E-state index in [0.29, 0.717) is 24.0 Å². The summed E-state index contributed by atoms with van der Waals surface area (Å²) in [5, 5.41) is 31.4. The van der Waals surface area contributed by atoms with Gasteiger partial charge in [0.1, 0.15) is 5.82 Å². The predicted octanol–water partition coefficient (Wildman–Crippen LogP) is 2.37. The van der Waals surface area contributed by atoms with Gasteiger partial charge in [0.25, 0.3) is 10.2 Å². The molecule has 11 nitrogen and oxygen atoms in total. The van der Waals surface area contributed by atoms with E-state index in [2.05, 4.69) is 46.8 Å². The molecule has 0 saturated heterocycles. The second-order valence-electron chi connectivity index (χ2n) is 7.25. The van der Waals surface area contributed by atoms with E-state index in [4.69, 9.17) is 9.77 Å². The normalized spacial score (nSPS) is 19.9. The molecule has 31 heavy (non-hydrogen) atoms. The summed E-state index contributed by atoms with van der Waals surface area (Å²) in [4.78, 5) is 0. The fourth-order valence-electron chi connectivity index (χ4n) is 3.47. The number of aromatic nitrogens is 2. The molecule has 1 aliphatic rings. The van der Waals surface area contributed by atoms with Gasteiger partial charge in [-0.15, -0.1) is 0 Å². The molecule has 0 spiro atoms. The standard InChI is InChI=1S/C17H23BrFN7O4S/c18-13-9-12(5-6-14(13)19)23-16(24-27)15-17(26-30-25-15)22-11-3-1-10(2-4-11)7-8-21-31(20,28)29/h5-6,9-11,21,27H,1-4,7-8H2,(H,22,26)(H,23,24)(H2,20,28,29)/t10-,11-. The van der Waals surface area contributed by atoms with Crippen molar-refractivity contribution in [3.8, 4) is 0 Å². The summed E-state index contributed by atoms with van der Waals surface area (Å²) in [6, 6.07) is 4.34. The van der Waals surface area contributed by atoms with Gasteiger partial charge in [0.15, 0.2) is 5.69 Å². The van der Waals surface area contributed by atoms with E-state index < -0.39 is 16.0 Å². The van der Waals surface area contributed by atoms with Gasteiger partial charge in [-0.3, -0.25) is 0 Å². The maximum Gasteiger partial charge on any atom is 0.274 e. The molecule has 0 bridgehead atoms. The number of halogens is 2. The average molecular weight is 520 g/mol. The highest BCUT2D eigenvalue weighted by atomic mass is 79.9. The van der Waals surface area contributed by atoms with Crippen molar-refractivity contribution in [2.75, 3.05) is 17.2 Å². The van der Waals surface area contributed by atoms with E-state index in [1.54, 1.807) is 0 Å². The molecule has 0 aliphatic heterocycles. The van der Waals surface area contributed by atoms with Crippen LogP contribution in [0.1, 0.15) is 37.8 Å². The van der Waals surface area contributed by atoms with Crippen LogP contribution in [0, 0.1) is 11.7 Å². The Kier molecular flexibility index (Phi) is 7.80. The fourth-order valence-corrected chi connectivity index (χ4v) is 4.26. The summed E-state index contributed by atoms with van der Waals surface area (Å²) in [5.41, 5.74) is 0.658. The number of rotatable bonds is 8. The van der Waals surface area contributed by atoms with Crippen LogP contribution in [0.25, 0.3) is 0 Å². The zero-order valence-corrected chi connectivity index (χ0v) is 18.8. The number of nitrogens with zero attached hydrogens (tertiary/aromatic N) is 3. The Balaban J connectivity index is 1.56. The number of hydrogen-bond donors (Lipinski definition) is 5. The lowest BCUT2D eigenvalue weighted by Gasteiger charge is -2.29. The zero-order chi connectivity index (χ0) is 22.4. The van der Waals surface area contributed by atoms with Gasteiger partial charge in [0.05, 0.1) is 4.47 Å². The Morgan fingerprint density at radius 3 is 2.71 bits per heavy atom. The second kappa shape index (κ2) is 10.3. The number of amidine groups is 1. The van der Waals surface area contributed by atoms with Crippen LogP contribution in [0.4, 0.5) is 15.9 Å². The number of benzene rings is 1. The first-order valence-electron chi connectivity index (χ1n) is 9.56. The van der Waals surface area contributed by atoms with Crippen molar-refractivity contribution >= 4 is 43.5 Å². The fraction of sp³-hybridized carbons (Fsp3) is 0.471. The first-order chi connectivity index (χ1) is 14.7. The third kappa shape index (κ3) is 6.85. The van der Waals surface area contributed by atoms with Crippen LogP contribution >= 0.6 is 15.9 Å². The van der Waals surface area contributed by atoms with Crippen LogP contribution in [0.2, 0.25) is 0 Å². The van der Waals surface area contributed by atoms with E-state index in [1.165, 1.54) is 18.2 Å². The van der Waals surface area contributed by atoms with Gasteiger partial charge in [0.2, 0.25) is 11.7 Å². The maximum absolute atomic E-state index is 13.4. The molecule has 1 aliphatic carbocycles. The third-order valence-electron chi connectivity index (χ3n) is 5.04. The molecular formula is C17H23BrFN7O4S. The van der Waals surface area contributed by atoms with Crippen molar-refractivity contribution in [2.24, 2.45) is 16.2 Å². The lowest BCUT2D eigenvalue weighted by atomic mass is 9.84. The molecule has 1 heterocycles. The van der Waals surface area contributed by atoms with Crippen LogP contribution in [-0.4, -0.2) is 42.4 Å². The number of anilines is 2. The lowest BCUT2D eigenvalue weighted by Crippen LogP contribution is -2.33. The van der Waals surface area contributed by atoms with Crippen LogP contribution in [0.15, 0.2) is 32.5 Å². The van der Waals surface area contributed by atoms with E-state index in [1.807, 2.05) is 0 Å². The van der Waals surface area contributed by atoms with Gasteiger partial charge < -0.3 is 15.8 Å². The molecule has 1 fully saturated rings. The summed E-state index contributed by atoms with van der Waals surface area (Å²) < 4.78 is 42.7. The topological polar surface area (TPSA) is 168 Å². The van der Waals surface area contributed by atoms with Gasteiger partial charge in [-0.05, 0) is 82.5 Å². The first-order valence-corrected chi connectivity index (χ1v) is 11.9. The minimum Gasteiger partial charge on any atom is -0.409 e. The zero-order valence-electron chi connectivity index (χ0n) is 16.4. The Labute approximate surface area is 186 Å². The maximum atomic E-state index is 13.4. The summed E-state index contributed by atoms with van der Waals surface area (Å²) in [5.74, 6) is 0.288. The molecule has 6 N–H and O–H groups in total. The Bertz CT molecular complexity index is 1030. The highest BCUT2D eigenvalue weighted by Crippen LogP contribution is 2.29. The van der Waals surface area contributed by atoms with Crippen LogP contribution in [0.5, 0.6) is 0 Å². The quantitative estimate of drug-likeness (QED) is 0.153. The van der Waals surface area contributed by atoms with E-state index in [-0.39, 0.29) is 22.0 Å². The molecule has 14 heteroatoms. The molecule has 170 valence electrons. The molecule has 0 atom stereocenters. The number of hydrogen-bond acceptors (Lipinski definition) is 8. The molecular weight excluding hydrogens is 497 g/mol. The first kappa shape index (κ1) is 23.4. The van der Waals surface area contributed by atoms with Gasteiger partial charge in [-0.1, -0.05) is 5.16 Å². The highest BCUT2D eigenvalue weighted by Gasteiger charge is 2.25. The van der Waals surface area contributed by atoms with Crippen molar-refractivity contribution in [2.45, 2.75) is 38.1 Å². The number of nitrogens with one attached hydrogen (secondary N) is 3. The molecule has 0 radical (unpaired) electrons. The second-order valence-corrected chi connectivity index (χ2v) is 9.49.